The minimum absolute atomic E-state index is 0.0370. The summed E-state index contributed by atoms with van der Waals surface area (Å²) in [5, 5.41) is 10.3. The normalized spacial score (nSPS) is 12.0. The van der Waals surface area contributed by atoms with E-state index in [2.05, 4.69) is 20.3 Å². The Hall–Kier alpha value is -2.84. The van der Waals surface area contributed by atoms with Gasteiger partial charge < -0.3 is 9.26 Å². The van der Waals surface area contributed by atoms with Gasteiger partial charge in [0.1, 0.15) is 5.75 Å². The first-order valence-electron chi connectivity index (χ1n) is 7.48. The fraction of sp³-hybridized carbons (Fsp3) is 0.312. The van der Waals surface area contributed by atoms with Crippen molar-refractivity contribution in [3.8, 4) is 28.7 Å². The van der Waals surface area contributed by atoms with Crippen LogP contribution >= 0.6 is 0 Å². The number of rotatable bonds is 4. The first kappa shape index (κ1) is 17.0. The maximum absolute atomic E-state index is 13.4. The van der Waals surface area contributed by atoms with E-state index < -0.39 is 11.7 Å². The van der Waals surface area contributed by atoms with Crippen LogP contribution in [0, 0.1) is 6.92 Å². The molecule has 6 nitrogen and oxygen atoms in total. The van der Waals surface area contributed by atoms with Crippen LogP contribution in [0.25, 0.3) is 23.0 Å². The highest BCUT2D eigenvalue weighted by atomic mass is 19.4. The number of aromatic amines is 1. The maximum Gasteiger partial charge on any atom is 0.417 e. The molecule has 0 saturated heterocycles. The molecule has 0 saturated carbocycles. The molecular weight excluding hydrogens is 337 g/mol. The molecule has 0 radical (unpaired) electrons. The Bertz CT molecular complexity index is 884. The van der Waals surface area contributed by atoms with Gasteiger partial charge in [-0.2, -0.15) is 23.3 Å². The number of hydrogen-bond acceptors (Lipinski definition) is 5. The molecule has 132 valence electrons. The summed E-state index contributed by atoms with van der Waals surface area (Å²) >= 11 is 0. The van der Waals surface area contributed by atoms with Gasteiger partial charge in [0.2, 0.25) is 5.82 Å². The first-order valence-corrected chi connectivity index (χ1v) is 7.48. The van der Waals surface area contributed by atoms with Gasteiger partial charge in [0, 0.05) is 11.3 Å². The van der Waals surface area contributed by atoms with E-state index in [1.807, 2.05) is 0 Å². The van der Waals surface area contributed by atoms with Crippen molar-refractivity contribution in [1.29, 1.82) is 0 Å². The van der Waals surface area contributed by atoms with Crippen molar-refractivity contribution in [2.24, 2.45) is 0 Å². The van der Waals surface area contributed by atoms with Crippen molar-refractivity contribution in [2.75, 3.05) is 0 Å². The summed E-state index contributed by atoms with van der Waals surface area (Å²) < 4.78 is 50.7. The first-order chi connectivity index (χ1) is 11.7. The molecule has 0 fully saturated rings. The molecule has 0 unspecified atom stereocenters. The lowest BCUT2D eigenvalue weighted by Crippen LogP contribution is -2.10. The van der Waals surface area contributed by atoms with E-state index in [1.54, 1.807) is 26.8 Å². The number of benzene rings is 1. The molecule has 0 atom stereocenters. The number of hydrogen-bond donors (Lipinski definition) is 1. The Labute approximate surface area is 141 Å². The van der Waals surface area contributed by atoms with Gasteiger partial charge in [-0.25, -0.2) is 0 Å². The van der Waals surface area contributed by atoms with Crippen molar-refractivity contribution in [2.45, 2.75) is 33.1 Å². The molecule has 25 heavy (non-hydrogen) atoms. The van der Waals surface area contributed by atoms with E-state index in [-0.39, 0.29) is 29.1 Å². The number of alkyl halides is 3. The SMILES string of the molecule is Cc1cc(-c2nc(-c3ccc(OC(C)C)cc3C(F)(F)F)no2)n[nH]1. The number of aromatic nitrogens is 4. The third-order valence-electron chi connectivity index (χ3n) is 3.26. The highest BCUT2D eigenvalue weighted by Crippen LogP contribution is 2.38. The van der Waals surface area contributed by atoms with Gasteiger partial charge in [0.15, 0.2) is 5.69 Å². The summed E-state index contributed by atoms with van der Waals surface area (Å²) in [6.07, 6.45) is -4.83. The summed E-state index contributed by atoms with van der Waals surface area (Å²) in [5.41, 5.74) is 0.0487. The molecule has 2 aromatic heterocycles. The van der Waals surface area contributed by atoms with Crippen LogP contribution in [0.2, 0.25) is 0 Å². The number of H-pyrrole nitrogens is 1. The second kappa shape index (κ2) is 6.23. The number of nitrogens with one attached hydrogen (secondary N) is 1. The highest BCUT2D eigenvalue weighted by molar-refractivity contribution is 5.64. The Kier molecular flexibility index (Phi) is 4.23. The molecule has 3 aromatic rings. The largest absolute Gasteiger partial charge is 0.491 e. The number of nitrogens with zero attached hydrogens (tertiary/aromatic N) is 3. The van der Waals surface area contributed by atoms with E-state index in [0.717, 1.165) is 11.8 Å². The average molecular weight is 352 g/mol. The molecular formula is C16H15F3N4O2. The molecule has 3 rings (SSSR count). The Morgan fingerprint density at radius 3 is 2.56 bits per heavy atom. The minimum Gasteiger partial charge on any atom is -0.491 e. The van der Waals surface area contributed by atoms with Crippen molar-refractivity contribution in [3.63, 3.8) is 0 Å². The van der Waals surface area contributed by atoms with Crippen molar-refractivity contribution < 1.29 is 22.4 Å². The monoisotopic (exact) mass is 352 g/mol. The molecule has 2 heterocycles. The summed E-state index contributed by atoms with van der Waals surface area (Å²) in [4.78, 5) is 4.03. The fourth-order valence-electron chi connectivity index (χ4n) is 2.26. The molecule has 0 aliphatic heterocycles. The van der Waals surface area contributed by atoms with Crippen LogP contribution < -0.4 is 4.74 Å². The minimum atomic E-state index is -4.59. The van der Waals surface area contributed by atoms with E-state index in [0.29, 0.717) is 5.69 Å². The Balaban J connectivity index is 2.03. The lowest BCUT2D eigenvalue weighted by molar-refractivity contribution is -0.137. The van der Waals surface area contributed by atoms with Gasteiger partial charge in [-0.1, -0.05) is 5.16 Å². The van der Waals surface area contributed by atoms with Crippen LogP contribution in [0.15, 0.2) is 28.8 Å². The zero-order chi connectivity index (χ0) is 18.2. The topological polar surface area (TPSA) is 76.8 Å². The second-order valence-electron chi connectivity index (χ2n) is 5.73. The van der Waals surface area contributed by atoms with Crippen molar-refractivity contribution in [3.05, 3.63) is 35.5 Å². The van der Waals surface area contributed by atoms with Crippen LogP contribution in [0.1, 0.15) is 25.1 Å². The van der Waals surface area contributed by atoms with Crippen molar-refractivity contribution >= 4 is 0 Å². The number of halogens is 3. The summed E-state index contributed by atoms with van der Waals surface area (Å²) in [6, 6.07) is 5.30. The smallest absolute Gasteiger partial charge is 0.417 e. The third-order valence-corrected chi connectivity index (χ3v) is 3.26. The molecule has 1 N–H and O–H groups in total. The highest BCUT2D eigenvalue weighted by Gasteiger charge is 2.35. The Morgan fingerprint density at radius 1 is 1.20 bits per heavy atom. The molecule has 0 spiro atoms. The third kappa shape index (κ3) is 3.65. The molecule has 0 bridgehead atoms. The molecule has 1 aromatic carbocycles. The van der Waals surface area contributed by atoms with Gasteiger partial charge >= 0.3 is 6.18 Å². The maximum atomic E-state index is 13.4. The van der Waals surface area contributed by atoms with Gasteiger partial charge in [-0.15, -0.1) is 0 Å². The molecule has 9 heteroatoms. The van der Waals surface area contributed by atoms with Crippen molar-refractivity contribution in [1.82, 2.24) is 20.3 Å². The van der Waals surface area contributed by atoms with Crippen LogP contribution in [0.3, 0.4) is 0 Å². The van der Waals surface area contributed by atoms with Gasteiger partial charge in [0.05, 0.1) is 11.7 Å². The van der Waals surface area contributed by atoms with Gasteiger partial charge in [0.25, 0.3) is 5.89 Å². The fourth-order valence-corrected chi connectivity index (χ4v) is 2.26. The van der Waals surface area contributed by atoms with Crippen LogP contribution in [0.4, 0.5) is 13.2 Å². The predicted octanol–water partition coefficient (Wildman–Crippen LogP) is 4.24. The van der Waals surface area contributed by atoms with Crippen LogP contribution in [-0.4, -0.2) is 26.4 Å². The average Bonchev–Trinajstić information content (AvgIpc) is 3.14. The van der Waals surface area contributed by atoms with E-state index >= 15 is 0 Å². The van der Waals surface area contributed by atoms with Crippen LogP contribution in [-0.2, 0) is 6.18 Å². The molecule has 0 aliphatic rings. The summed E-state index contributed by atoms with van der Waals surface area (Å²) in [7, 11) is 0. The van der Waals surface area contributed by atoms with E-state index in [1.165, 1.54) is 12.1 Å². The second-order valence-corrected chi connectivity index (χ2v) is 5.73. The number of ether oxygens (including phenoxy) is 1. The molecule has 0 aliphatic carbocycles. The standard InChI is InChI=1S/C16H15F3N4O2/c1-8(2)24-10-4-5-11(12(7-10)16(17,18)19)14-20-15(25-23-14)13-6-9(3)21-22-13/h4-8H,1-3H3,(H,21,22). The lowest BCUT2D eigenvalue weighted by atomic mass is 10.1. The van der Waals surface area contributed by atoms with Crippen LogP contribution in [0.5, 0.6) is 5.75 Å². The Morgan fingerprint density at radius 2 is 1.96 bits per heavy atom. The van der Waals surface area contributed by atoms with E-state index in [9.17, 15) is 13.2 Å². The zero-order valence-electron chi connectivity index (χ0n) is 13.7. The molecule has 0 amide bonds. The number of aryl methyl sites for hydroxylation is 1. The zero-order valence-corrected chi connectivity index (χ0v) is 13.7. The van der Waals surface area contributed by atoms with Gasteiger partial charge in [-0.3, -0.25) is 5.10 Å². The lowest BCUT2D eigenvalue weighted by Gasteiger charge is -2.14. The summed E-state index contributed by atoms with van der Waals surface area (Å²) in [5.74, 6) is -0.00761. The summed E-state index contributed by atoms with van der Waals surface area (Å²) in [6.45, 7) is 5.25. The predicted molar refractivity (Wildman–Crippen MR) is 82.8 cm³/mol. The van der Waals surface area contributed by atoms with Gasteiger partial charge in [-0.05, 0) is 45.0 Å². The quantitative estimate of drug-likeness (QED) is 0.760. The van der Waals surface area contributed by atoms with E-state index in [4.69, 9.17) is 9.26 Å².